The maximum absolute atomic E-state index is 12.1. The van der Waals surface area contributed by atoms with Crippen LogP contribution in [0.1, 0.15) is 13.8 Å². The van der Waals surface area contributed by atoms with Gasteiger partial charge < -0.3 is 15.6 Å². The predicted octanol–water partition coefficient (Wildman–Crippen LogP) is -0.619. The van der Waals surface area contributed by atoms with Crippen LogP contribution in [-0.2, 0) is 14.1 Å². The van der Waals surface area contributed by atoms with E-state index in [0.29, 0.717) is 29.6 Å². The molecular formula is C13H22N6O2. The number of aromatic nitrogens is 4. The van der Waals surface area contributed by atoms with Crippen molar-refractivity contribution in [2.75, 3.05) is 24.5 Å². The summed E-state index contributed by atoms with van der Waals surface area (Å²) in [6.07, 6.45) is 0. The fraction of sp³-hybridized carbons (Fsp3) is 0.615. The van der Waals surface area contributed by atoms with Crippen LogP contribution >= 0.6 is 0 Å². The lowest BCUT2D eigenvalue weighted by Gasteiger charge is -2.22. The van der Waals surface area contributed by atoms with Crippen LogP contribution in [0.2, 0.25) is 0 Å². The Balaban J connectivity index is 2.57. The number of anilines is 1. The molecule has 0 saturated heterocycles. The summed E-state index contributed by atoms with van der Waals surface area (Å²) in [5, 5.41) is 0. The van der Waals surface area contributed by atoms with Crippen LogP contribution in [0.15, 0.2) is 9.59 Å². The molecular weight excluding hydrogens is 272 g/mol. The van der Waals surface area contributed by atoms with Gasteiger partial charge in [0.2, 0.25) is 5.95 Å². The average molecular weight is 294 g/mol. The van der Waals surface area contributed by atoms with E-state index in [4.69, 9.17) is 5.73 Å². The first-order chi connectivity index (χ1) is 9.90. The zero-order chi connectivity index (χ0) is 15.7. The molecule has 2 heterocycles. The second-order valence-corrected chi connectivity index (χ2v) is 5.34. The second-order valence-electron chi connectivity index (χ2n) is 5.34. The van der Waals surface area contributed by atoms with E-state index in [0.717, 1.165) is 17.7 Å². The molecule has 0 amide bonds. The van der Waals surface area contributed by atoms with Gasteiger partial charge in [0.05, 0.1) is 0 Å². The van der Waals surface area contributed by atoms with E-state index < -0.39 is 0 Å². The number of nitrogens with two attached hydrogens (primary N) is 1. The highest BCUT2D eigenvalue weighted by Gasteiger charge is 2.17. The van der Waals surface area contributed by atoms with Gasteiger partial charge in [0.25, 0.3) is 5.56 Å². The minimum Gasteiger partial charge on any atom is -0.342 e. The molecule has 0 spiro atoms. The van der Waals surface area contributed by atoms with Gasteiger partial charge in [0, 0.05) is 27.2 Å². The maximum Gasteiger partial charge on any atom is 0.332 e. The topological polar surface area (TPSA) is 102 Å². The van der Waals surface area contributed by atoms with Crippen LogP contribution in [0.3, 0.4) is 0 Å². The Hall–Kier alpha value is -2.09. The van der Waals surface area contributed by atoms with Crippen LogP contribution in [0, 0.1) is 5.92 Å². The zero-order valence-electron chi connectivity index (χ0n) is 12.9. The van der Waals surface area contributed by atoms with E-state index >= 15 is 0 Å². The van der Waals surface area contributed by atoms with Gasteiger partial charge in [-0.15, -0.1) is 0 Å². The van der Waals surface area contributed by atoms with Gasteiger partial charge in [0.1, 0.15) is 0 Å². The Labute approximate surface area is 122 Å². The number of fused-ring (bicyclic) bond motifs is 1. The molecule has 3 N–H and O–H groups in total. The highest BCUT2D eigenvalue weighted by Crippen LogP contribution is 2.14. The van der Waals surface area contributed by atoms with Crippen molar-refractivity contribution >= 4 is 17.1 Å². The maximum atomic E-state index is 12.1. The Morgan fingerprint density at radius 1 is 1.33 bits per heavy atom. The second kappa shape index (κ2) is 5.72. The summed E-state index contributed by atoms with van der Waals surface area (Å²) in [6, 6.07) is 0. The summed E-state index contributed by atoms with van der Waals surface area (Å²) >= 11 is 0. The van der Waals surface area contributed by atoms with Gasteiger partial charge in [-0.05, 0) is 19.4 Å². The van der Waals surface area contributed by atoms with E-state index in [9.17, 15) is 9.59 Å². The number of rotatable bonds is 5. The largest absolute Gasteiger partial charge is 0.342 e. The molecule has 8 nitrogen and oxygen atoms in total. The third-order valence-corrected chi connectivity index (χ3v) is 3.70. The van der Waals surface area contributed by atoms with Gasteiger partial charge in [-0.25, -0.2) is 4.79 Å². The standard InChI is InChI=1S/C13H22N6O2/c1-5-19(7-8(2)6-14)12-15-9-10(16-12)17(3)13(21)18(4)11(9)20/h8H,5-7,14H2,1-4H3,(H,15,16). The average Bonchev–Trinajstić information content (AvgIpc) is 2.93. The van der Waals surface area contributed by atoms with Gasteiger partial charge >= 0.3 is 5.69 Å². The summed E-state index contributed by atoms with van der Waals surface area (Å²) in [5.74, 6) is 0.899. The lowest BCUT2D eigenvalue weighted by Crippen LogP contribution is -2.36. The Bertz CT molecular complexity index is 756. The summed E-state index contributed by atoms with van der Waals surface area (Å²) < 4.78 is 2.44. The molecule has 1 atom stereocenters. The molecule has 0 aliphatic heterocycles. The Morgan fingerprint density at radius 3 is 2.57 bits per heavy atom. The number of nitrogens with zero attached hydrogens (tertiary/aromatic N) is 4. The van der Waals surface area contributed by atoms with Crippen molar-refractivity contribution in [3.8, 4) is 0 Å². The minimum atomic E-state index is -0.385. The highest BCUT2D eigenvalue weighted by atomic mass is 16.2. The van der Waals surface area contributed by atoms with Crippen LogP contribution in [0.4, 0.5) is 5.95 Å². The molecule has 1 unspecified atom stereocenters. The molecule has 2 aromatic heterocycles. The van der Waals surface area contributed by atoms with Crippen molar-refractivity contribution in [3.05, 3.63) is 20.8 Å². The van der Waals surface area contributed by atoms with E-state index in [1.54, 1.807) is 7.05 Å². The van der Waals surface area contributed by atoms with Crippen molar-refractivity contribution in [1.82, 2.24) is 19.1 Å². The first-order valence-corrected chi connectivity index (χ1v) is 7.01. The molecule has 0 radical (unpaired) electrons. The van der Waals surface area contributed by atoms with E-state index in [1.807, 2.05) is 11.8 Å². The summed E-state index contributed by atoms with van der Waals surface area (Å²) in [4.78, 5) is 33.5. The number of H-pyrrole nitrogens is 1. The number of hydrogen-bond acceptors (Lipinski definition) is 5. The fourth-order valence-corrected chi connectivity index (χ4v) is 2.28. The number of imidazole rings is 1. The van der Waals surface area contributed by atoms with Crippen LogP contribution in [-0.4, -0.2) is 38.7 Å². The molecule has 0 aliphatic rings. The molecule has 21 heavy (non-hydrogen) atoms. The van der Waals surface area contributed by atoms with E-state index in [2.05, 4.69) is 16.9 Å². The molecule has 0 aliphatic carbocycles. The fourth-order valence-electron chi connectivity index (χ4n) is 2.28. The monoisotopic (exact) mass is 294 g/mol. The lowest BCUT2D eigenvalue weighted by atomic mass is 10.2. The molecule has 8 heteroatoms. The quantitative estimate of drug-likeness (QED) is 0.765. The summed E-state index contributed by atoms with van der Waals surface area (Å²) in [7, 11) is 3.06. The van der Waals surface area contributed by atoms with Crippen molar-refractivity contribution in [2.24, 2.45) is 25.7 Å². The van der Waals surface area contributed by atoms with Crippen molar-refractivity contribution in [1.29, 1.82) is 0 Å². The van der Waals surface area contributed by atoms with Gasteiger partial charge in [-0.3, -0.25) is 13.9 Å². The number of hydrogen-bond donors (Lipinski definition) is 2. The Morgan fingerprint density at radius 2 is 2.00 bits per heavy atom. The molecule has 2 rings (SSSR count). The van der Waals surface area contributed by atoms with Gasteiger partial charge in [-0.1, -0.05) is 6.92 Å². The minimum absolute atomic E-state index is 0.310. The SMILES string of the molecule is CCN(CC(C)CN)c1nc2c([nH]1)c(=O)n(C)c(=O)n2C. The van der Waals surface area contributed by atoms with Crippen LogP contribution < -0.4 is 21.9 Å². The lowest BCUT2D eigenvalue weighted by molar-refractivity contribution is 0.571. The van der Waals surface area contributed by atoms with Gasteiger partial charge in [-0.2, -0.15) is 4.98 Å². The Kier molecular flexibility index (Phi) is 4.17. The van der Waals surface area contributed by atoms with Crippen LogP contribution in [0.25, 0.3) is 11.2 Å². The smallest absolute Gasteiger partial charge is 0.332 e. The number of aromatic amines is 1. The van der Waals surface area contributed by atoms with Crippen molar-refractivity contribution in [2.45, 2.75) is 13.8 Å². The summed E-state index contributed by atoms with van der Waals surface area (Å²) in [6.45, 7) is 6.12. The zero-order valence-corrected chi connectivity index (χ0v) is 12.9. The van der Waals surface area contributed by atoms with E-state index in [-0.39, 0.29) is 11.2 Å². The third kappa shape index (κ3) is 2.58. The molecule has 0 fully saturated rings. The molecule has 0 aromatic carbocycles. The van der Waals surface area contributed by atoms with Crippen LogP contribution in [0.5, 0.6) is 0 Å². The highest BCUT2D eigenvalue weighted by molar-refractivity contribution is 5.72. The third-order valence-electron chi connectivity index (χ3n) is 3.70. The van der Waals surface area contributed by atoms with Crippen molar-refractivity contribution < 1.29 is 0 Å². The first kappa shape index (κ1) is 15.3. The molecule has 0 saturated carbocycles. The number of aryl methyl sites for hydroxylation is 1. The predicted molar refractivity (Wildman–Crippen MR) is 82.7 cm³/mol. The van der Waals surface area contributed by atoms with E-state index in [1.165, 1.54) is 11.6 Å². The molecule has 0 bridgehead atoms. The molecule has 2 aromatic rings. The number of nitrogens with one attached hydrogen (secondary N) is 1. The van der Waals surface area contributed by atoms with Crippen molar-refractivity contribution in [3.63, 3.8) is 0 Å². The molecule has 116 valence electrons. The first-order valence-electron chi connectivity index (χ1n) is 7.01. The normalized spacial score (nSPS) is 12.8. The summed E-state index contributed by atoms with van der Waals surface area (Å²) in [5.41, 5.74) is 5.62. The van der Waals surface area contributed by atoms with Gasteiger partial charge in [0.15, 0.2) is 11.2 Å².